The average Bonchev–Trinajstić information content (AvgIpc) is 3.80. The monoisotopic (exact) mass is 862 g/mol. The molecule has 10 aromatic carbocycles. The molecule has 0 aliphatic rings. The van der Waals surface area contributed by atoms with Gasteiger partial charge in [0.1, 0.15) is 0 Å². The molecule has 0 fully saturated rings. The molecule has 0 radical (unpaired) electrons. The van der Waals surface area contributed by atoms with Crippen LogP contribution in [0.15, 0.2) is 212 Å². The second kappa shape index (κ2) is 13.6. The van der Waals surface area contributed by atoms with Gasteiger partial charge in [0, 0.05) is 27.2 Å². The van der Waals surface area contributed by atoms with Crippen molar-refractivity contribution in [3.05, 3.63) is 212 Å². The average molecular weight is 863 g/mol. The topological polar surface area (TPSA) is 9.86 Å². The van der Waals surface area contributed by atoms with E-state index in [1.165, 1.54) is 110 Å². The third-order valence-corrected chi connectivity index (χ3v) is 13.2. The van der Waals surface area contributed by atoms with Crippen LogP contribution in [-0.4, -0.2) is 7.35 Å². The molecule has 0 spiro atoms. The van der Waals surface area contributed by atoms with Crippen LogP contribution in [0.5, 0.6) is 0 Å². The molecule has 2 nitrogen and oxygen atoms in total. The van der Waals surface area contributed by atoms with Gasteiger partial charge in [-0.3, -0.25) is 2.78 Å². The van der Waals surface area contributed by atoms with Crippen molar-refractivity contribution >= 4 is 88.0 Å². The Morgan fingerprint density at radius 3 is 1.44 bits per heavy atom. The minimum absolute atomic E-state index is 1.14. The zero-order valence-corrected chi connectivity index (χ0v) is 34.1. The van der Waals surface area contributed by atoms with Crippen LogP contribution in [0.4, 0.5) is 0 Å². The first-order chi connectivity index (χ1) is 29.2. The van der Waals surface area contributed by atoms with Crippen LogP contribution in [-0.2, 0) is 0 Å². The summed E-state index contributed by atoms with van der Waals surface area (Å²) in [5.74, 6) is 0. The maximum atomic E-state index is 2.48. The number of para-hydroxylation sites is 2. The molecule has 0 saturated carbocycles. The second-order valence-corrected chi connectivity index (χ2v) is 16.5. The van der Waals surface area contributed by atoms with Gasteiger partial charge in [-0.05, 0) is 115 Å². The van der Waals surface area contributed by atoms with Crippen molar-refractivity contribution < 1.29 is 0 Å². The highest BCUT2D eigenvalue weighted by Crippen LogP contribution is 2.42. The molecular weight excluding hydrogens is 828 g/mol. The fourth-order valence-electron chi connectivity index (χ4n) is 9.41. The van der Waals surface area contributed by atoms with Crippen LogP contribution in [0.25, 0.3) is 115 Å². The van der Waals surface area contributed by atoms with Gasteiger partial charge >= 0.3 is 0 Å². The Labute approximate surface area is 355 Å². The van der Waals surface area contributed by atoms with Crippen molar-refractivity contribution in [2.45, 2.75) is 0 Å². The number of rotatable bonds is 5. The Morgan fingerprint density at radius 1 is 0.288 bits per heavy atom. The van der Waals surface area contributed by atoms with E-state index in [0.29, 0.717) is 0 Å². The Hall–Kier alpha value is -6.95. The quantitative estimate of drug-likeness (QED) is 0.121. The van der Waals surface area contributed by atoms with E-state index in [4.69, 9.17) is 0 Å². The number of fused-ring (bicyclic) bond motifs is 10. The fraction of sp³-hybridized carbons (Fsp3) is 0. The molecule has 0 atom stereocenters. The van der Waals surface area contributed by atoms with Crippen molar-refractivity contribution in [3.8, 4) is 50.2 Å². The predicted molar refractivity (Wildman–Crippen MR) is 260 cm³/mol. The Balaban J connectivity index is 0.983. The molecule has 3 heteroatoms. The number of benzene rings is 10. The lowest BCUT2D eigenvalue weighted by Gasteiger charge is -2.14. The van der Waals surface area contributed by atoms with Gasteiger partial charge in [-0.2, -0.15) is 0 Å². The van der Waals surface area contributed by atoms with E-state index >= 15 is 0 Å². The third kappa shape index (κ3) is 5.46. The van der Waals surface area contributed by atoms with E-state index in [1.54, 1.807) is 0 Å². The normalized spacial score (nSPS) is 11.8. The molecule has 12 aromatic rings. The van der Waals surface area contributed by atoms with Crippen molar-refractivity contribution in [1.29, 1.82) is 0 Å². The molecular formula is C56H35IN2. The minimum Gasteiger partial charge on any atom is -0.307 e. The van der Waals surface area contributed by atoms with Gasteiger partial charge in [0.2, 0.25) is 0 Å². The number of hydrogen-bond acceptors (Lipinski definition) is 0. The largest absolute Gasteiger partial charge is 0.307 e. The van der Waals surface area contributed by atoms with Gasteiger partial charge in [-0.15, -0.1) is 0 Å². The molecule has 0 aliphatic heterocycles. The van der Waals surface area contributed by atoms with E-state index in [0.717, 1.165) is 5.69 Å². The Morgan fingerprint density at radius 2 is 0.763 bits per heavy atom. The summed E-state index contributed by atoms with van der Waals surface area (Å²) in [6.07, 6.45) is 0. The first-order valence-electron chi connectivity index (χ1n) is 20.1. The van der Waals surface area contributed by atoms with E-state index in [2.05, 4.69) is 243 Å². The summed E-state index contributed by atoms with van der Waals surface area (Å²) in [7, 11) is 0. The van der Waals surface area contributed by atoms with Crippen LogP contribution in [0.2, 0.25) is 0 Å². The van der Waals surface area contributed by atoms with Gasteiger partial charge in [0.25, 0.3) is 0 Å². The molecule has 0 aliphatic carbocycles. The van der Waals surface area contributed by atoms with Crippen LogP contribution in [0.3, 0.4) is 0 Å². The lowest BCUT2D eigenvalue weighted by Crippen LogP contribution is -1.95. The van der Waals surface area contributed by atoms with Crippen molar-refractivity contribution in [2.24, 2.45) is 0 Å². The lowest BCUT2D eigenvalue weighted by atomic mass is 9.91. The summed E-state index contributed by atoms with van der Waals surface area (Å²) >= 11 is 2.48. The van der Waals surface area contributed by atoms with Gasteiger partial charge in [-0.25, -0.2) is 0 Å². The van der Waals surface area contributed by atoms with Crippen LogP contribution < -0.4 is 0 Å². The summed E-state index contributed by atoms with van der Waals surface area (Å²) in [5, 5.41) is 10.2. The molecule has 2 heterocycles. The summed E-state index contributed by atoms with van der Waals surface area (Å²) in [6.45, 7) is 0. The highest BCUT2D eigenvalue weighted by atomic mass is 127. The summed E-state index contributed by atoms with van der Waals surface area (Å²) in [6, 6.07) is 78.0. The highest BCUT2D eigenvalue weighted by molar-refractivity contribution is 14.1. The molecule has 12 rings (SSSR count). The minimum atomic E-state index is 1.14. The molecule has 0 bridgehead atoms. The van der Waals surface area contributed by atoms with Gasteiger partial charge in [-0.1, -0.05) is 164 Å². The smallest absolute Gasteiger partial charge is 0.0837 e. The number of aromatic nitrogens is 2. The number of nitrogens with zero attached hydrogens (tertiary/aromatic N) is 2. The fourth-order valence-corrected chi connectivity index (χ4v) is 10.3. The summed E-state index contributed by atoms with van der Waals surface area (Å²) in [5.41, 5.74) is 15.7. The van der Waals surface area contributed by atoms with Gasteiger partial charge < -0.3 is 4.57 Å². The summed E-state index contributed by atoms with van der Waals surface area (Å²) in [4.78, 5) is 0. The Kier molecular flexibility index (Phi) is 7.85. The lowest BCUT2D eigenvalue weighted by molar-refractivity contribution is 1.18. The second-order valence-electron chi connectivity index (χ2n) is 15.5. The maximum absolute atomic E-state index is 2.48. The van der Waals surface area contributed by atoms with Crippen molar-refractivity contribution in [2.75, 3.05) is 0 Å². The molecule has 276 valence electrons. The number of halogens is 1. The standard InChI is InChI=1S/C56H35IN2/c57-59-54-21-11-9-19-49(54)51-31-30-50-48-18-8-10-20-53(48)58(55(50)56(51)59)44-28-26-38(27-29-44)43-33-41(36-12-2-1-3-13-36)32-42(34-43)37-22-24-39(25-23-37)52-35-40-14-4-5-15-45(40)46-16-6-7-17-47(46)52/h1-35H. The SMILES string of the molecule is In1c2ccccc2c2ccc3c4ccccc4n(-c4ccc(-c5cc(-c6ccccc6)cc(-c6ccc(-c7cc8ccccc8c8ccccc78)cc6)c5)cc4)c3c21. The molecule has 0 amide bonds. The van der Waals surface area contributed by atoms with Crippen LogP contribution in [0, 0.1) is 0 Å². The molecule has 2 aromatic heterocycles. The molecule has 59 heavy (non-hydrogen) atoms. The predicted octanol–water partition coefficient (Wildman–Crippen LogP) is 16.1. The molecule has 0 unspecified atom stereocenters. The third-order valence-electron chi connectivity index (χ3n) is 12.2. The van der Waals surface area contributed by atoms with E-state index in [-0.39, 0.29) is 0 Å². The van der Waals surface area contributed by atoms with Gasteiger partial charge in [0.05, 0.1) is 44.9 Å². The zero-order valence-electron chi connectivity index (χ0n) is 32.0. The van der Waals surface area contributed by atoms with Crippen LogP contribution in [0.1, 0.15) is 0 Å². The molecule has 0 saturated heterocycles. The number of hydrogen-bond donors (Lipinski definition) is 0. The molecule has 0 N–H and O–H groups in total. The summed E-state index contributed by atoms with van der Waals surface area (Å²) < 4.78 is 4.79. The maximum Gasteiger partial charge on any atom is 0.0837 e. The van der Waals surface area contributed by atoms with E-state index in [1.807, 2.05) is 0 Å². The zero-order chi connectivity index (χ0) is 39.0. The first-order valence-corrected chi connectivity index (χ1v) is 21.1. The first kappa shape index (κ1) is 34.1. The van der Waals surface area contributed by atoms with Gasteiger partial charge in [0.15, 0.2) is 0 Å². The van der Waals surface area contributed by atoms with E-state index < -0.39 is 0 Å². The van der Waals surface area contributed by atoms with Crippen molar-refractivity contribution in [3.63, 3.8) is 0 Å². The highest BCUT2D eigenvalue weighted by Gasteiger charge is 2.20. The van der Waals surface area contributed by atoms with Crippen LogP contribution >= 0.6 is 22.9 Å². The van der Waals surface area contributed by atoms with E-state index in [9.17, 15) is 0 Å². The Bertz CT molecular complexity index is 3590. The van der Waals surface area contributed by atoms with Crippen molar-refractivity contribution in [1.82, 2.24) is 7.35 Å².